The van der Waals surface area contributed by atoms with Crippen molar-refractivity contribution in [3.8, 4) is 5.75 Å². The minimum Gasteiger partial charge on any atom is -0.494 e. The van der Waals surface area contributed by atoms with Gasteiger partial charge in [0.25, 0.3) is 5.91 Å². The number of carbonyl (C=O) groups is 1. The maximum absolute atomic E-state index is 13.4. The lowest BCUT2D eigenvalue weighted by molar-refractivity contribution is 0.0982. The predicted molar refractivity (Wildman–Crippen MR) is 119 cm³/mol. The van der Waals surface area contributed by atoms with Crippen molar-refractivity contribution < 1.29 is 9.53 Å². The molecule has 0 aliphatic carbocycles. The van der Waals surface area contributed by atoms with Crippen LogP contribution in [0.5, 0.6) is 5.75 Å². The number of hydrogen-bond donors (Lipinski definition) is 0. The first-order valence-corrected chi connectivity index (χ1v) is 11.2. The van der Waals surface area contributed by atoms with E-state index in [0.717, 1.165) is 27.4 Å². The van der Waals surface area contributed by atoms with Crippen LogP contribution in [0.15, 0.2) is 47.4 Å². The van der Waals surface area contributed by atoms with Gasteiger partial charge in [0.1, 0.15) is 5.75 Å². The lowest BCUT2D eigenvalue weighted by Crippen LogP contribution is -2.37. The van der Waals surface area contributed by atoms with E-state index in [4.69, 9.17) is 9.72 Å². The maximum Gasteiger partial charge on any atom is 0.261 e. The van der Waals surface area contributed by atoms with Gasteiger partial charge in [-0.25, -0.2) is 4.98 Å². The summed E-state index contributed by atoms with van der Waals surface area (Å²) in [5.41, 5.74) is 1.59. The summed E-state index contributed by atoms with van der Waals surface area (Å²) in [4.78, 5) is 23.0. The number of thioether (sulfide) groups is 1. The largest absolute Gasteiger partial charge is 0.494 e. The van der Waals surface area contributed by atoms with Crippen molar-refractivity contribution in [1.82, 2.24) is 9.88 Å². The molecule has 3 aromatic rings. The zero-order valence-corrected chi connectivity index (χ0v) is 18.3. The van der Waals surface area contributed by atoms with Gasteiger partial charge in [0.2, 0.25) is 0 Å². The number of ether oxygens (including phenoxy) is 1. The third-order valence-electron chi connectivity index (χ3n) is 4.24. The Balaban J connectivity index is 1.99. The first kappa shape index (κ1) is 20.6. The first-order chi connectivity index (χ1) is 13.5. The Kier molecular flexibility index (Phi) is 6.93. The molecule has 0 spiro atoms. The second-order valence-corrected chi connectivity index (χ2v) is 8.38. The Morgan fingerprint density at radius 2 is 1.96 bits per heavy atom. The molecule has 0 radical (unpaired) electrons. The van der Waals surface area contributed by atoms with E-state index < -0.39 is 0 Å². The van der Waals surface area contributed by atoms with Gasteiger partial charge in [0.05, 0.1) is 22.4 Å². The highest BCUT2D eigenvalue weighted by atomic mass is 32.2. The van der Waals surface area contributed by atoms with Gasteiger partial charge in [0.15, 0.2) is 5.13 Å². The molecule has 148 valence electrons. The van der Waals surface area contributed by atoms with Gasteiger partial charge in [-0.1, -0.05) is 23.5 Å². The minimum atomic E-state index is -0.0177. The maximum atomic E-state index is 13.4. The van der Waals surface area contributed by atoms with E-state index in [1.807, 2.05) is 69.7 Å². The number of nitrogens with zero attached hydrogens (tertiary/aromatic N) is 3. The molecule has 0 atom stereocenters. The van der Waals surface area contributed by atoms with E-state index in [-0.39, 0.29) is 5.91 Å². The summed E-state index contributed by atoms with van der Waals surface area (Å²) >= 11 is 3.10. The highest BCUT2D eigenvalue weighted by Gasteiger charge is 2.23. The molecule has 0 saturated heterocycles. The topological polar surface area (TPSA) is 45.7 Å². The smallest absolute Gasteiger partial charge is 0.261 e. The van der Waals surface area contributed by atoms with E-state index in [1.54, 1.807) is 16.7 Å². The number of rotatable bonds is 8. The van der Waals surface area contributed by atoms with Gasteiger partial charge in [-0.3, -0.25) is 9.69 Å². The zero-order chi connectivity index (χ0) is 20.1. The van der Waals surface area contributed by atoms with Crippen molar-refractivity contribution in [2.45, 2.75) is 11.8 Å². The van der Waals surface area contributed by atoms with Crippen LogP contribution in [0.1, 0.15) is 17.3 Å². The van der Waals surface area contributed by atoms with Crippen LogP contribution in [0.3, 0.4) is 0 Å². The number of hydrogen-bond acceptors (Lipinski definition) is 6. The van der Waals surface area contributed by atoms with E-state index in [2.05, 4.69) is 4.90 Å². The molecule has 1 amide bonds. The van der Waals surface area contributed by atoms with Crippen molar-refractivity contribution in [3.63, 3.8) is 0 Å². The molecule has 0 saturated carbocycles. The number of anilines is 1. The molecule has 3 rings (SSSR count). The molecule has 1 heterocycles. The lowest BCUT2D eigenvalue weighted by Gasteiger charge is -2.22. The summed E-state index contributed by atoms with van der Waals surface area (Å²) in [6, 6.07) is 13.6. The molecule has 0 fully saturated rings. The van der Waals surface area contributed by atoms with Crippen LogP contribution in [-0.2, 0) is 0 Å². The zero-order valence-electron chi connectivity index (χ0n) is 16.6. The summed E-state index contributed by atoms with van der Waals surface area (Å²) in [6.07, 6.45) is 1.99. The molecule has 0 unspecified atom stereocenters. The van der Waals surface area contributed by atoms with Gasteiger partial charge >= 0.3 is 0 Å². The number of likely N-dealkylation sites (N-methyl/N-ethyl adjacent to an activating group) is 1. The van der Waals surface area contributed by atoms with Crippen LogP contribution in [0.4, 0.5) is 5.13 Å². The van der Waals surface area contributed by atoms with Crippen LogP contribution >= 0.6 is 23.1 Å². The fraction of sp³-hybridized carbons (Fsp3) is 0.333. The summed E-state index contributed by atoms with van der Waals surface area (Å²) in [6.45, 7) is 3.92. The molecule has 28 heavy (non-hydrogen) atoms. The quantitative estimate of drug-likeness (QED) is 0.502. The van der Waals surface area contributed by atoms with Crippen molar-refractivity contribution in [2.75, 3.05) is 44.9 Å². The number of amides is 1. The van der Waals surface area contributed by atoms with Crippen LogP contribution < -0.4 is 9.64 Å². The highest BCUT2D eigenvalue weighted by Crippen LogP contribution is 2.33. The third-order valence-corrected chi connectivity index (χ3v) is 6.08. The summed E-state index contributed by atoms with van der Waals surface area (Å²) < 4.78 is 6.61. The van der Waals surface area contributed by atoms with Gasteiger partial charge in [-0.15, -0.1) is 11.8 Å². The highest BCUT2D eigenvalue weighted by molar-refractivity contribution is 7.98. The molecule has 1 aromatic heterocycles. The number of carbonyl (C=O) groups excluding carboxylic acids is 1. The Labute approximate surface area is 174 Å². The molecule has 0 bridgehead atoms. The number of fused-ring (bicyclic) bond motifs is 1. The standard InChI is InChI=1S/C21H25N3O2S2/c1-5-26-15-10-11-17-19(14-15)28-21(22-17)24(13-12-23(2)3)20(25)16-8-6-7-9-18(16)27-4/h6-11,14H,5,12-13H2,1-4H3. The number of aromatic nitrogens is 1. The molecule has 7 heteroatoms. The van der Waals surface area contributed by atoms with Crippen molar-refractivity contribution in [1.29, 1.82) is 0 Å². The predicted octanol–water partition coefficient (Wildman–Crippen LogP) is 4.63. The van der Waals surface area contributed by atoms with E-state index in [9.17, 15) is 4.79 Å². The van der Waals surface area contributed by atoms with Crippen molar-refractivity contribution in [3.05, 3.63) is 48.0 Å². The van der Waals surface area contributed by atoms with Crippen LogP contribution in [0.2, 0.25) is 0 Å². The van der Waals surface area contributed by atoms with Gasteiger partial charge in [0, 0.05) is 18.0 Å². The minimum absolute atomic E-state index is 0.0177. The Morgan fingerprint density at radius 1 is 1.18 bits per heavy atom. The monoisotopic (exact) mass is 415 g/mol. The van der Waals surface area contributed by atoms with Gasteiger partial charge < -0.3 is 9.64 Å². The van der Waals surface area contributed by atoms with Crippen molar-refractivity contribution in [2.24, 2.45) is 0 Å². The van der Waals surface area contributed by atoms with Crippen LogP contribution in [-0.4, -0.2) is 55.8 Å². The summed E-state index contributed by atoms with van der Waals surface area (Å²) in [7, 11) is 4.01. The van der Waals surface area contributed by atoms with E-state index in [0.29, 0.717) is 23.8 Å². The number of thiazole rings is 1. The van der Waals surface area contributed by atoms with E-state index >= 15 is 0 Å². The molecule has 5 nitrogen and oxygen atoms in total. The Bertz CT molecular complexity index is 956. The number of benzene rings is 2. The van der Waals surface area contributed by atoms with Gasteiger partial charge in [-0.2, -0.15) is 0 Å². The molecule has 2 aromatic carbocycles. The van der Waals surface area contributed by atoms with Gasteiger partial charge in [-0.05, 0) is 57.6 Å². The second kappa shape index (κ2) is 9.41. The van der Waals surface area contributed by atoms with Crippen LogP contribution in [0, 0.1) is 0 Å². The molecular formula is C21H25N3O2S2. The molecule has 0 aliphatic rings. The van der Waals surface area contributed by atoms with E-state index in [1.165, 1.54) is 11.3 Å². The SMILES string of the molecule is CCOc1ccc2nc(N(CCN(C)C)C(=O)c3ccccc3SC)sc2c1. The van der Waals surface area contributed by atoms with Crippen molar-refractivity contribution >= 4 is 44.4 Å². The third kappa shape index (κ3) is 4.66. The molecular weight excluding hydrogens is 390 g/mol. The fourth-order valence-corrected chi connectivity index (χ4v) is 4.42. The summed E-state index contributed by atoms with van der Waals surface area (Å²) in [5.74, 6) is 0.806. The normalized spacial score (nSPS) is 11.2. The second-order valence-electron chi connectivity index (χ2n) is 6.52. The van der Waals surface area contributed by atoms with Crippen LogP contribution in [0.25, 0.3) is 10.2 Å². The molecule has 0 aliphatic heterocycles. The Hall–Kier alpha value is -2.09. The lowest BCUT2D eigenvalue weighted by atomic mass is 10.2. The average Bonchev–Trinajstić information content (AvgIpc) is 3.11. The molecule has 0 N–H and O–H groups in total. The average molecular weight is 416 g/mol. The summed E-state index contributed by atoms with van der Waals surface area (Å²) in [5, 5.41) is 0.714. The Morgan fingerprint density at radius 3 is 2.68 bits per heavy atom. The fourth-order valence-electron chi connectivity index (χ4n) is 2.82. The first-order valence-electron chi connectivity index (χ1n) is 9.16.